The average Bonchev–Trinajstić information content (AvgIpc) is 2.15. The van der Waals surface area contributed by atoms with Crippen molar-refractivity contribution in [3.05, 3.63) is 24.0 Å². The fourth-order valence-corrected chi connectivity index (χ4v) is 0.778. The molecule has 1 aromatic rings. The Labute approximate surface area is 74.2 Å². The number of carboxylic acid groups (broad SMARTS) is 1. The molecule has 0 aliphatic heterocycles. The van der Waals surface area contributed by atoms with Crippen LogP contribution in [0.15, 0.2) is 18.3 Å². The maximum absolute atomic E-state index is 10.6. The number of rotatable bonds is 3. The van der Waals surface area contributed by atoms with Crippen LogP contribution >= 0.6 is 0 Å². The molecule has 1 rings (SSSR count). The van der Waals surface area contributed by atoms with E-state index in [0.717, 1.165) is 0 Å². The molecule has 1 N–H and O–H groups in total. The molecule has 1 heterocycles. The standard InChI is InChI=1S/C8H6N2O3/c9-3-5-13-6-2-1-4-10-7(6)8(11)12/h1-2,4H,5H2,(H,11,12). The summed E-state index contributed by atoms with van der Waals surface area (Å²) < 4.78 is 4.84. The van der Waals surface area contributed by atoms with Gasteiger partial charge in [0.1, 0.15) is 6.07 Å². The molecule has 0 saturated heterocycles. The molecule has 0 saturated carbocycles. The van der Waals surface area contributed by atoms with Crippen molar-refractivity contribution in [3.63, 3.8) is 0 Å². The summed E-state index contributed by atoms with van der Waals surface area (Å²) in [7, 11) is 0. The Hall–Kier alpha value is -2.09. The lowest BCUT2D eigenvalue weighted by Gasteiger charge is -2.02. The molecule has 0 aromatic carbocycles. The van der Waals surface area contributed by atoms with Crippen LogP contribution in [0, 0.1) is 11.3 Å². The van der Waals surface area contributed by atoms with Gasteiger partial charge in [0.05, 0.1) is 0 Å². The lowest BCUT2D eigenvalue weighted by molar-refractivity contribution is 0.0686. The molecule has 0 unspecified atom stereocenters. The number of ether oxygens (including phenoxy) is 1. The largest absolute Gasteiger partial charge is 0.476 e. The first kappa shape index (κ1) is 9.00. The zero-order valence-corrected chi connectivity index (χ0v) is 6.60. The number of pyridine rings is 1. The molecule has 5 heteroatoms. The van der Waals surface area contributed by atoms with E-state index in [-0.39, 0.29) is 18.1 Å². The summed E-state index contributed by atoms with van der Waals surface area (Å²) in [6, 6.07) is 4.73. The molecule has 1 aromatic heterocycles. The zero-order valence-electron chi connectivity index (χ0n) is 6.60. The van der Waals surface area contributed by atoms with E-state index in [1.165, 1.54) is 12.3 Å². The van der Waals surface area contributed by atoms with Crippen molar-refractivity contribution < 1.29 is 14.6 Å². The van der Waals surface area contributed by atoms with Crippen molar-refractivity contribution in [2.24, 2.45) is 0 Å². The molecule has 0 spiro atoms. The lowest BCUT2D eigenvalue weighted by Crippen LogP contribution is -2.05. The van der Waals surface area contributed by atoms with Crippen LogP contribution < -0.4 is 4.74 Å². The Bertz CT molecular complexity index is 357. The van der Waals surface area contributed by atoms with E-state index in [1.807, 2.05) is 0 Å². The highest BCUT2D eigenvalue weighted by Crippen LogP contribution is 2.14. The fourth-order valence-electron chi connectivity index (χ4n) is 0.778. The van der Waals surface area contributed by atoms with E-state index < -0.39 is 5.97 Å². The summed E-state index contributed by atoms with van der Waals surface area (Å²) in [4.78, 5) is 14.2. The van der Waals surface area contributed by atoms with Crippen LogP contribution in [0.1, 0.15) is 10.5 Å². The minimum atomic E-state index is -1.17. The molecule has 0 bridgehead atoms. The fraction of sp³-hybridized carbons (Fsp3) is 0.125. The summed E-state index contributed by atoms with van der Waals surface area (Å²) in [5.41, 5.74) is -0.183. The molecule has 0 fully saturated rings. The molecule has 0 radical (unpaired) electrons. The molecule has 13 heavy (non-hydrogen) atoms. The summed E-state index contributed by atoms with van der Waals surface area (Å²) in [5, 5.41) is 16.9. The van der Waals surface area contributed by atoms with E-state index in [0.29, 0.717) is 0 Å². The van der Waals surface area contributed by atoms with Crippen LogP contribution in [0.2, 0.25) is 0 Å². The van der Waals surface area contributed by atoms with Crippen LogP contribution in [-0.4, -0.2) is 22.7 Å². The number of carbonyl (C=O) groups is 1. The third-order valence-corrected chi connectivity index (χ3v) is 1.27. The first-order valence-corrected chi connectivity index (χ1v) is 3.43. The topological polar surface area (TPSA) is 83.2 Å². The molecule has 0 atom stereocenters. The minimum absolute atomic E-state index is 0.108. The predicted molar refractivity (Wildman–Crippen MR) is 42.3 cm³/mol. The molecule has 5 nitrogen and oxygen atoms in total. The first-order valence-electron chi connectivity index (χ1n) is 3.43. The van der Waals surface area contributed by atoms with E-state index >= 15 is 0 Å². The second kappa shape index (κ2) is 4.07. The van der Waals surface area contributed by atoms with Gasteiger partial charge < -0.3 is 9.84 Å². The van der Waals surface area contributed by atoms with Crippen LogP contribution in [0.3, 0.4) is 0 Å². The first-order chi connectivity index (χ1) is 6.25. The van der Waals surface area contributed by atoms with E-state index in [9.17, 15) is 4.79 Å². The van der Waals surface area contributed by atoms with Gasteiger partial charge in [-0.1, -0.05) is 0 Å². The van der Waals surface area contributed by atoms with Crippen LogP contribution in [-0.2, 0) is 0 Å². The monoisotopic (exact) mass is 178 g/mol. The van der Waals surface area contributed by atoms with E-state index in [2.05, 4.69) is 4.98 Å². The van der Waals surface area contributed by atoms with Gasteiger partial charge in [0, 0.05) is 6.20 Å². The highest BCUT2D eigenvalue weighted by atomic mass is 16.5. The van der Waals surface area contributed by atoms with E-state index in [1.54, 1.807) is 12.1 Å². The maximum Gasteiger partial charge on any atom is 0.358 e. The lowest BCUT2D eigenvalue weighted by atomic mass is 10.3. The van der Waals surface area contributed by atoms with Gasteiger partial charge in [-0.15, -0.1) is 0 Å². The number of aromatic nitrogens is 1. The molecular weight excluding hydrogens is 172 g/mol. The molecular formula is C8H6N2O3. The van der Waals surface area contributed by atoms with Crippen LogP contribution in [0.4, 0.5) is 0 Å². The highest BCUT2D eigenvalue weighted by Gasteiger charge is 2.11. The molecule has 0 aliphatic carbocycles. The maximum atomic E-state index is 10.6. The zero-order chi connectivity index (χ0) is 9.68. The van der Waals surface area contributed by atoms with Crippen molar-refractivity contribution >= 4 is 5.97 Å². The molecule has 66 valence electrons. The van der Waals surface area contributed by atoms with Crippen molar-refractivity contribution in [1.29, 1.82) is 5.26 Å². The predicted octanol–water partition coefficient (Wildman–Crippen LogP) is 0.682. The van der Waals surface area contributed by atoms with Gasteiger partial charge in [-0.25, -0.2) is 9.78 Å². The van der Waals surface area contributed by atoms with Crippen molar-refractivity contribution in [1.82, 2.24) is 4.98 Å². The van der Waals surface area contributed by atoms with Crippen LogP contribution in [0.5, 0.6) is 5.75 Å². The number of hydrogen-bond donors (Lipinski definition) is 1. The summed E-state index contributed by atoms with van der Waals surface area (Å²) in [5.74, 6) is -1.06. The minimum Gasteiger partial charge on any atom is -0.476 e. The number of hydrogen-bond acceptors (Lipinski definition) is 4. The van der Waals surface area contributed by atoms with Crippen molar-refractivity contribution in [2.75, 3.05) is 6.61 Å². The number of nitrogens with zero attached hydrogens (tertiary/aromatic N) is 2. The molecule has 0 aliphatic rings. The van der Waals surface area contributed by atoms with Crippen molar-refractivity contribution in [3.8, 4) is 11.8 Å². The smallest absolute Gasteiger partial charge is 0.358 e. The van der Waals surface area contributed by atoms with Gasteiger partial charge in [-0.05, 0) is 12.1 Å². The van der Waals surface area contributed by atoms with E-state index in [4.69, 9.17) is 15.1 Å². The van der Waals surface area contributed by atoms with Gasteiger partial charge in [0.2, 0.25) is 0 Å². The summed E-state index contributed by atoms with van der Waals surface area (Å²) in [6.07, 6.45) is 1.35. The van der Waals surface area contributed by atoms with Gasteiger partial charge in [0.15, 0.2) is 18.1 Å². The third-order valence-electron chi connectivity index (χ3n) is 1.27. The van der Waals surface area contributed by atoms with Gasteiger partial charge in [-0.2, -0.15) is 5.26 Å². The van der Waals surface area contributed by atoms with Gasteiger partial charge in [0.25, 0.3) is 0 Å². The number of nitriles is 1. The number of aromatic carboxylic acids is 1. The number of carboxylic acids is 1. The second-order valence-corrected chi connectivity index (χ2v) is 2.10. The Morgan fingerprint density at radius 2 is 2.54 bits per heavy atom. The highest BCUT2D eigenvalue weighted by molar-refractivity contribution is 5.88. The molecule has 0 amide bonds. The Balaban J connectivity index is 2.92. The second-order valence-electron chi connectivity index (χ2n) is 2.10. The Morgan fingerprint density at radius 1 is 1.77 bits per heavy atom. The van der Waals surface area contributed by atoms with Gasteiger partial charge >= 0.3 is 5.97 Å². The average molecular weight is 178 g/mol. The Morgan fingerprint density at radius 3 is 3.15 bits per heavy atom. The normalized spacial score (nSPS) is 8.85. The SMILES string of the molecule is N#CCOc1cccnc1C(=O)O. The summed E-state index contributed by atoms with van der Waals surface area (Å²) in [6.45, 7) is -0.189. The van der Waals surface area contributed by atoms with Crippen molar-refractivity contribution in [2.45, 2.75) is 0 Å². The quantitative estimate of drug-likeness (QED) is 0.735. The Kier molecular flexibility index (Phi) is 2.82. The van der Waals surface area contributed by atoms with Gasteiger partial charge in [-0.3, -0.25) is 0 Å². The van der Waals surface area contributed by atoms with Crippen LogP contribution in [0.25, 0.3) is 0 Å². The summed E-state index contributed by atoms with van der Waals surface area (Å²) >= 11 is 0. The third kappa shape index (κ3) is 2.17.